The monoisotopic (exact) mass is 369 g/mol. The number of nitrogens with one attached hydrogen (secondary N) is 1. The van der Waals surface area contributed by atoms with Crippen molar-refractivity contribution < 1.29 is 21.6 Å². The van der Waals surface area contributed by atoms with Crippen LogP contribution >= 0.6 is 0 Å². The lowest BCUT2D eigenvalue weighted by Crippen LogP contribution is -2.16. The zero-order chi connectivity index (χ0) is 18.1. The number of methoxy groups -OCH3 is 1. The van der Waals surface area contributed by atoms with Gasteiger partial charge in [0.15, 0.2) is 9.84 Å². The molecule has 0 saturated carbocycles. The van der Waals surface area contributed by atoms with E-state index in [1.54, 1.807) is 19.1 Å². The highest BCUT2D eigenvalue weighted by Gasteiger charge is 2.23. The first-order chi connectivity index (χ1) is 11.1. The molecule has 0 unspecified atom stereocenters. The molecule has 0 aliphatic rings. The molecule has 0 aliphatic heterocycles. The van der Waals surface area contributed by atoms with Crippen LogP contribution in [-0.4, -0.2) is 30.2 Å². The van der Waals surface area contributed by atoms with E-state index in [0.717, 1.165) is 23.4 Å². The average molecular weight is 369 g/mol. The van der Waals surface area contributed by atoms with Gasteiger partial charge in [-0.15, -0.1) is 0 Å². The van der Waals surface area contributed by atoms with E-state index < -0.39 is 19.9 Å². The minimum absolute atomic E-state index is 0.0696. The van der Waals surface area contributed by atoms with Crippen LogP contribution < -0.4 is 9.46 Å². The molecule has 0 atom stereocenters. The van der Waals surface area contributed by atoms with Gasteiger partial charge in [0, 0.05) is 6.26 Å². The van der Waals surface area contributed by atoms with E-state index in [1.807, 2.05) is 13.0 Å². The Morgan fingerprint density at radius 2 is 1.67 bits per heavy atom. The van der Waals surface area contributed by atoms with Crippen molar-refractivity contribution in [2.75, 3.05) is 18.1 Å². The summed E-state index contributed by atoms with van der Waals surface area (Å²) in [6, 6.07) is 9.00. The Kier molecular flexibility index (Phi) is 4.91. The van der Waals surface area contributed by atoms with Crippen molar-refractivity contribution in [2.24, 2.45) is 0 Å². The lowest BCUT2D eigenvalue weighted by Gasteiger charge is -2.15. The van der Waals surface area contributed by atoms with Crippen molar-refractivity contribution in [3.05, 3.63) is 47.5 Å². The molecular formula is C16H19NO5S2. The number of hydrogen-bond acceptors (Lipinski definition) is 5. The molecule has 8 heteroatoms. The Morgan fingerprint density at radius 3 is 2.25 bits per heavy atom. The Labute approximate surface area is 142 Å². The summed E-state index contributed by atoms with van der Waals surface area (Å²) in [6.45, 7) is 3.68. The number of sulfone groups is 1. The largest absolute Gasteiger partial charge is 0.495 e. The van der Waals surface area contributed by atoms with Gasteiger partial charge in [-0.2, -0.15) is 0 Å². The molecule has 0 bridgehead atoms. The number of anilines is 1. The van der Waals surface area contributed by atoms with Crippen molar-refractivity contribution >= 4 is 25.5 Å². The third-order valence-electron chi connectivity index (χ3n) is 3.70. The van der Waals surface area contributed by atoms with Crippen LogP contribution in [0.3, 0.4) is 0 Å². The van der Waals surface area contributed by atoms with Crippen LogP contribution in [0.15, 0.2) is 46.2 Å². The van der Waals surface area contributed by atoms with Gasteiger partial charge in [-0.25, -0.2) is 16.8 Å². The Bertz CT molecular complexity index is 980. The fourth-order valence-electron chi connectivity index (χ4n) is 2.16. The van der Waals surface area contributed by atoms with Crippen LogP contribution in [0.4, 0.5) is 5.69 Å². The lowest BCUT2D eigenvalue weighted by atomic mass is 10.1. The molecule has 6 nitrogen and oxygen atoms in total. The molecule has 2 aromatic rings. The minimum Gasteiger partial charge on any atom is -0.495 e. The molecule has 0 heterocycles. The van der Waals surface area contributed by atoms with Crippen LogP contribution in [0.5, 0.6) is 5.75 Å². The summed E-state index contributed by atoms with van der Waals surface area (Å²) in [7, 11) is -6.24. The van der Waals surface area contributed by atoms with Gasteiger partial charge in [0.1, 0.15) is 10.6 Å². The Balaban J connectivity index is 2.58. The van der Waals surface area contributed by atoms with Gasteiger partial charge < -0.3 is 4.74 Å². The van der Waals surface area contributed by atoms with Crippen molar-refractivity contribution in [3.63, 3.8) is 0 Å². The maximum atomic E-state index is 12.7. The third-order valence-corrected chi connectivity index (χ3v) is 6.20. The number of rotatable bonds is 5. The zero-order valence-corrected chi connectivity index (χ0v) is 15.5. The second kappa shape index (κ2) is 6.45. The third kappa shape index (κ3) is 3.70. The molecule has 0 aromatic heterocycles. The van der Waals surface area contributed by atoms with E-state index >= 15 is 0 Å². The summed E-state index contributed by atoms with van der Waals surface area (Å²) in [6.07, 6.45) is 1.02. The highest BCUT2D eigenvalue weighted by atomic mass is 32.2. The molecule has 0 radical (unpaired) electrons. The summed E-state index contributed by atoms with van der Waals surface area (Å²) in [5.41, 5.74) is 2.16. The molecule has 130 valence electrons. The summed E-state index contributed by atoms with van der Waals surface area (Å²) < 4.78 is 56.5. The number of ether oxygens (including phenoxy) is 1. The maximum Gasteiger partial charge on any atom is 0.265 e. The van der Waals surface area contributed by atoms with Gasteiger partial charge in [0.2, 0.25) is 0 Å². The molecule has 2 rings (SSSR count). The van der Waals surface area contributed by atoms with E-state index in [2.05, 4.69) is 4.72 Å². The molecule has 0 spiro atoms. The van der Waals surface area contributed by atoms with E-state index in [0.29, 0.717) is 5.69 Å². The Hall–Kier alpha value is -2.06. The van der Waals surface area contributed by atoms with Crippen molar-refractivity contribution in [3.8, 4) is 5.75 Å². The van der Waals surface area contributed by atoms with Gasteiger partial charge in [0.05, 0.1) is 17.7 Å². The molecule has 0 saturated heterocycles. The first kappa shape index (κ1) is 18.3. The average Bonchev–Trinajstić information content (AvgIpc) is 2.50. The van der Waals surface area contributed by atoms with Gasteiger partial charge in [-0.1, -0.05) is 12.1 Å². The fourth-order valence-corrected chi connectivity index (χ4v) is 4.20. The predicted molar refractivity (Wildman–Crippen MR) is 92.8 cm³/mol. The first-order valence-corrected chi connectivity index (χ1v) is 10.4. The number of aryl methyl sites for hydroxylation is 1. The molecule has 0 fully saturated rings. The SMILES string of the molecule is COc1ccc(S(C)(=O)=O)cc1S(=O)(=O)Nc1cccc(C)c1C. The van der Waals surface area contributed by atoms with Gasteiger partial charge >= 0.3 is 0 Å². The zero-order valence-electron chi connectivity index (χ0n) is 13.8. The van der Waals surface area contributed by atoms with Crippen molar-refractivity contribution in [1.29, 1.82) is 0 Å². The second-order valence-corrected chi connectivity index (χ2v) is 9.10. The number of sulfonamides is 1. The van der Waals surface area contributed by atoms with Gasteiger partial charge in [0.25, 0.3) is 10.0 Å². The molecular weight excluding hydrogens is 350 g/mol. The fraction of sp³-hybridized carbons (Fsp3) is 0.250. The molecule has 0 aliphatic carbocycles. The summed E-state index contributed by atoms with van der Waals surface area (Å²) in [4.78, 5) is -0.321. The van der Waals surface area contributed by atoms with Crippen molar-refractivity contribution in [1.82, 2.24) is 0 Å². The summed E-state index contributed by atoms with van der Waals surface area (Å²) >= 11 is 0. The van der Waals surface area contributed by atoms with Crippen LogP contribution in [0.25, 0.3) is 0 Å². The van der Waals surface area contributed by atoms with Crippen LogP contribution in [-0.2, 0) is 19.9 Å². The summed E-state index contributed by atoms with van der Waals surface area (Å²) in [5.74, 6) is 0.0696. The second-order valence-electron chi connectivity index (χ2n) is 5.44. The minimum atomic E-state index is -4.02. The molecule has 1 N–H and O–H groups in total. The van der Waals surface area contributed by atoms with Crippen molar-refractivity contribution in [2.45, 2.75) is 23.6 Å². The predicted octanol–water partition coefficient (Wildman–Crippen LogP) is 2.52. The van der Waals surface area contributed by atoms with Gasteiger partial charge in [-0.3, -0.25) is 4.72 Å². The normalized spacial score (nSPS) is 12.0. The number of benzene rings is 2. The molecule has 2 aromatic carbocycles. The van der Waals surface area contributed by atoms with Gasteiger partial charge in [-0.05, 0) is 49.2 Å². The number of hydrogen-bond donors (Lipinski definition) is 1. The molecule has 24 heavy (non-hydrogen) atoms. The quantitative estimate of drug-likeness (QED) is 0.875. The lowest BCUT2D eigenvalue weighted by molar-refractivity contribution is 0.402. The topological polar surface area (TPSA) is 89.5 Å². The highest BCUT2D eigenvalue weighted by molar-refractivity contribution is 7.93. The molecule has 0 amide bonds. The van der Waals surface area contributed by atoms with E-state index in [-0.39, 0.29) is 15.5 Å². The smallest absolute Gasteiger partial charge is 0.265 e. The standard InChI is InChI=1S/C16H19NO5S2/c1-11-6-5-7-14(12(11)2)17-24(20,21)16-10-13(23(4,18)19)8-9-15(16)22-3/h5-10,17H,1-4H3. The highest BCUT2D eigenvalue weighted by Crippen LogP contribution is 2.29. The van der Waals surface area contributed by atoms with Crippen LogP contribution in [0.1, 0.15) is 11.1 Å². The van der Waals surface area contributed by atoms with E-state index in [1.165, 1.54) is 19.2 Å². The Morgan fingerprint density at radius 1 is 1.00 bits per heavy atom. The first-order valence-electron chi connectivity index (χ1n) is 7.03. The van der Waals surface area contributed by atoms with Crippen LogP contribution in [0, 0.1) is 13.8 Å². The van der Waals surface area contributed by atoms with Crippen LogP contribution in [0.2, 0.25) is 0 Å². The van der Waals surface area contributed by atoms with E-state index in [9.17, 15) is 16.8 Å². The maximum absolute atomic E-state index is 12.7. The van der Waals surface area contributed by atoms with E-state index in [4.69, 9.17) is 4.74 Å². The summed E-state index contributed by atoms with van der Waals surface area (Å²) in [5, 5.41) is 0.